The van der Waals surface area contributed by atoms with Crippen molar-refractivity contribution in [2.45, 2.75) is 6.04 Å². The zero-order valence-electron chi connectivity index (χ0n) is 17.9. The van der Waals surface area contributed by atoms with E-state index in [0.717, 1.165) is 0 Å². The van der Waals surface area contributed by atoms with Gasteiger partial charge in [-0.1, -0.05) is 41.9 Å². The summed E-state index contributed by atoms with van der Waals surface area (Å²) in [5.41, 5.74) is 1.08. The highest BCUT2D eigenvalue weighted by Crippen LogP contribution is 2.43. The zero-order chi connectivity index (χ0) is 24.0. The number of ketones is 1. The molecule has 3 aromatic carbocycles. The first-order valence-corrected chi connectivity index (χ1v) is 10.7. The average Bonchev–Trinajstić information content (AvgIpc) is 3.37. The molecule has 1 unspecified atom stereocenters. The molecule has 8 heteroatoms. The standard InChI is InChI=1S/C26H18ClNO6/c1-33-20-13-16(27)10-15-12-19(34-25(15)20)23(30)21-22(14-6-5-9-18(29)11-14)28(26(32)24(21)31)17-7-3-2-4-8-17/h2-13,22,29,31H,1H3. The van der Waals surface area contributed by atoms with Crippen LogP contribution < -0.4 is 9.64 Å². The van der Waals surface area contributed by atoms with E-state index in [1.807, 2.05) is 0 Å². The fourth-order valence-electron chi connectivity index (χ4n) is 4.18. The molecule has 4 aromatic rings. The molecule has 0 saturated carbocycles. The summed E-state index contributed by atoms with van der Waals surface area (Å²) in [5, 5.41) is 21.9. The molecular weight excluding hydrogens is 458 g/mol. The molecule has 0 fully saturated rings. The van der Waals surface area contributed by atoms with Crippen LogP contribution >= 0.6 is 11.6 Å². The van der Waals surface area contributed by atoms with Gasteiger partial charge in [0, 0.05) is 22.2 Å². The Hall–Kier alpha value is -4.23. The van der Waals surface area contributed by atoms with E-state index in [0.29, 0.717) is 33.0 Å². The minimum Gasteiger partial charge on any atom is -0.508 e. The number of amides is 1. The van der Waals surface area contributed by atoms with Crippen molar-refractivity contribution in [1.29, 1.82) is 0 Å². The third-order valence-corrected chi connectivity index (χ3v) is 5.88. The molecule has 170 valence electrons. The number of anilines is 1. The summed E-state index contributed by atoms with van der Waals surface area (Å²) in [6, 6.07) is 18.5. The number of phenolic OH excluding ortho intramolecular Hbond substituents is 1. The number of methoxy groups -OCH3 is 1. The number of carbonyl (C=O) groups excluding carboxylic acids is 2. The number of phenols is 1. The van der Waals surface area contributed by atoms with E-state index in [-0.39, 0.29) is 17.1 Å². The number of aliphatic hydroxyl groups is 1. The van der Waals surface area contributed by atoms with Crippen molar-refractivity contribution < 1.29 is 29.0 Å². The van der Waals surface area contributed by atoms with Gasteiger partial charge in [0.2, 0.25) is 5.78 Å². The highest BCUT2D eigenvalue weighted by molar-refractivity contribution is 6.31. The number of ether oxygens (including phenoxy) is 1. The molecule has 0 spiro atoms. The number of aliphatic hydroxyl groups excluding tert-OH is 1. The molecular formula is C26H18ClNO6. The van der Waals surface area contributed by atoms with Gasteiger partial charge in [0.25, 0.3) is 5.91 Å². The van der Waals surface area contributed by atoms with Crippen LogP contribution in [-0.4, -0.2) is 29.0 Å². The topological polar surface area (TPSA) is 100 Å². The Labute approximate surface area is 199 Å². The predicted molar refractivity (Wildman–Crippen MR) is 127 cm³/mol. The number of carbonyl (C=O) groups is 2. The summed E-state index contributed by atoms with van der Waals surface area (Å²) in [6.07, 6.45) is 0. The molecule has 0 radical (unpaired) electrons. The van der Waals surface area contributed by atoms with Crippen LogP contribution in [-0.2, 0) is 4.79 Å². The minimum absolute atomic E-state index is 0.0423. The molecule has 34 heavy (non-hydrogen) atoms. The monoisotopic (exact) mass is 475 g/mol. The molecule has 5 rings (SSSR count). The van der Waals surface area contributed by atoms with Gasteiger partial charge in [0.15, 0.2) is 22.9 Å². The van der Waals surface area contributed by atoms with E-state index >= 15 is 0 Å². The van der Waals surface area contributed by atoms with Crippen molar-refractivity contribution in [1.82, 2.24) is 0 Å². The quantitative estimate of drug-likeness (QED) is 0.365. The molecule has 2 heterocycles. The maximum atomic E-state index is 13.7. The molecule has 1 aliphatic heterocycles. The molecule has 1 aliphatic rings. The lowest BCUT2D eigenvalue weighted by atomic mass is 9.94. The lowest BCUT2D eigenvalue weighted by Crippen LogP contribution is -2.30. The Bertz CT molecular complexity index is 1470. The molecule has 0 saturated heterocycles. The van der Waals surface area contributed by atoms with Crippen LogP contribution in [0.2, 0.25) is 5.02 Å². The van der Waals surface area contributed by atoms with Crippen molar-refractivity contribution in [2.75, 3.05) is 12.0 Å². The molecule has 0 bridgehead atoms. The van der Waals surface area contributed by atoms with Gasteiger partial charge in [-0.05, 0) is 42.0 Å². The Morgan fingerprint density at radius 3 is 2.50 bits per heavy atom. The molecule has 7 nitrogen and oxygen atoms in total. The first-order valence-electron chi connectivity index (χ1n) is 10.3. The van der Waals surface area contributed by atoms with Crippen molar-refractivity contribution in [2.24, 2.45) is 0 Å². The molecule has 2 N–H and O–H groups in total. The van der Waals surface area contributed by atoms with Crippen molar-refractivity contribution in [3.8, 4) is 11.5 Å². The number of fused-ring (bicyclic) bond motifs is 1. The van der Waals surface area contributed by atoms with Crippen LogP contribution in [0.25, 0.3) is 11.0 Å². The fourth-order valence-corrected chi connectivity index (χ4v) is 4.40. The number of para-hydroxylation sites is 1. The molecule has 1 aromatic heterocycles. The maximum Gasteiger partial charge on any atom is 0.294 e. The maximum absolute atomic E-state index is 13.7. The van der Waals surface area contributed by atoms with Gasteiger partial charge < -0.3 is 19.4 Å². The second-order valence-corrected chi connectivity index (χ2v) is 8.17. The van der Waals surface area contributed by atoms with Gasteiger partial charge in [-0.2, -0.15) is 0 Å². The largest absolute Gasteiger partial charge is 0.508 e. The number of aromatic hydroxyl groups is 1. The second kappa shape index (κ2) is 8.28. The number of furan rings is 1. The van der Waals surface area contributed by atoms with Crippen LogP contribution in [0.15, 0.2) is 88.5 Å². The van der Waals surface area contributed by atoms with Gasteiger partial charge in [-0.3, -0.25) is 14.5 Å². The summed E-state index contributed by atoms with van der Waals surface area (Å²) in [7, 11) is 1.45. The summed E-state index contributed by atoms with van der Waals surface area (Å²) >= 11 is 6.13. The van der Waals surface area contributed by atoms with Crippen LogP contribution in [0, 0.1) is 0 Å². The van der Waals surface area contributed by atoms with E-state index in [9.17, 15) is 19.8 Å². The highest BCUT2D eigenvalue weighted by atomic mass is 35.5. The van der Waals surface area contributed by atoms with Crippen LogP contribution in [0.3, 0.4) is 0 Å². The Kier molecular flexibility index (Phi) is 5.26. The van der Waals surface area contributed by atoms with Gasteiger partial charge in [-0.25, -0.2) is 0 Å². The fraction of sp³-hybridized carbons (Fsp3) is 0.0769. The number of rotatable bonds is 5. The van der Waals surface area contributed by atoms with E-state index in [4.69, 9.17) is 20.8 Å². The number of benzene rings is 3. The first-order chi connectivity index (χ1) is 16.4. The Morgan fingerprint density at radius 2 is 1.79 bits per heavy atom. The summed E-state index contributed by atoms with van der Waals surface area (Å²) in [5.74, 6) is -1.89. The molecule has 1 atom stereocenters. The van der Waals surface area contributed by atoms with Crippen molar-refractivity contribution in [3.63, 3.8) is 0 Å². The summed E-state index contributed by atoms with van der Waals surface area (Å²) in [4.78, 5) is 28.2. The first kappa shape index (κ1) is 21.6. The Balaban J connectivity index is 1.67. The normalized spacial score (nSPS) is 15.9. The number of Topliss-reactive ketones (excluding diaryl/α,β-unsaturated/α-hetero) is 1. The van der Waals surface area contributed by atoms with Gasteiger partial charge in [0.05, 0.1) is 18.7 Å². The lowest BCUT2D eigenvalue weighted by Gasteiger charge is -2.26. The van der Waals surface area contributed by atoms with Crippen molar-refractivity contribution >= 4 is 39.9 Å². The third-order valence-electron chi connectivity index (χ3n) is 5.66. The van der Waals surface area contributed by atoms with Gasteiger partial charge in [-0.15, -0.1) is 0 Å². The van der Waals surface area contributed by atoms with E-state index in [2.05, 4.69) is 0 Å². The van der Waals surface area contributed by atoms with E-state index in [1.165, 1.54) is 30.2 Å². The highest BCUT2D eigenvalue weighted by Gasteiger charge is 2.45. The van der Waals surface area contributed by atoms with Crippen LogP contribution in [0.5, 0.6) is 11.5 Å². The SMILES string of the molecule is COc1cc(Cl)cc2cc(C(=O)C3=C(O)C(=O)N(c4ccccc4)C3c3cccc(O)c3)oc12. The predicted octanol–water partition coefficient (Wildman–Crippen LogP) is 5.58. The van der Waals surface area contributed by atoms with Crippen LogP contribution in [0.1, 0.15) is 22.2 Å². The summed E-state index contributed by atoms with van der Waals surface area (Å²) in [6.45, 7) is 0. The molecule has 1 amide bonds. The number of nitrogens with zero attached hydrogens (tertiary/aromatic N) is 1. The van der Waals surface area contributed by atoms with E-state index < -0.39 is 23.5 Å². The second-order valence-electron chi connectivity index (χ2n) is 7.74. The lowest BCUT2D eigenvalue weighted by molar-refractivity contribution is -0.117. The average molecular weight is 476 g/mol. The molecule has 0 aliphatic carbocycles. The Morgan fingerprint density at radius 1 is 1.03 bits per heavy atom. The van der Waals surface area contributed by atoms with Gasteiger partial charge >= 0.3 is 0 Å². The smallest absolute Gasteiger partial charge is 0.294 e. The van der Waals surface area contributed by atoms with Crippen LogP contribution in [0.4, 0.5) is 5.69 Å². The van der Waals surface area contributed by atoms with E-state index in [1.54, 1.807) is 54.6 Å². The number of hydrogen-bond donors (Lipinski definition) is 2. The zero-order valence-corrected chi connectivity index (χ0v) is 18.6. The summed E-state index contributed by atoms with van der Waals surface area (Å²) < 4.78 is 11.1. The number of hydrogen-bond acceptors (Lipinski definition) is 6. The van der Waals surface area contributed by atoms with Crippen molar-refractivity contribution in [3.05, 3.63) is 100 Å². The third kappa shape index (κ3) is 3.47. The minimum atomic E-state index is -0.992. The van der Waals surface area contributed by atoms with Gasteiger partial charge in [0.1, 0.15) is 5.75 Å². The number of halogens is 1.